The lowest BCUT2D eigenvalue weighted by Gasteiger charge is -2.01. The molecule has 0 aromatic rings. The molecule has 1 saturated heterocycles. The highest BCUT2D eigenvalue weighted by Crippen LogP contribution is 2.33. The van der Waals surface area contributed by atoms with Gasteiger partial charge in [-0.3, -0.25) is 0 Å². The summed E-state index contributed by atoms with van der Waals surface area (Å²) in [4.78, 5) is 11.0. The molecule has 1 fully saturated rings. The van der Waals surface area contributed by atoms with E-state index in [4.69, 9.17) is 4.74 Å². The van der Waals surface area contributed by atoms with Gasteiger partial charge in [-0.1, -0.05) is 13.3 Å². The number of unbranched alkanes of at least 4 members (excludes halogenated alkanes) is 1. The van der Waals surface area contributed by atoms with E-state index in [0.717, 1.165) is 18.6 Å². The third-order valence-corrected chi connectivity index (χ3v) is 3.61. The lowest BCUT2D eigenvalue weighted by molar-refractivity contribution is 0.173. The number of ether oxygens (including phenoxy) is 1. The van der Waals surface area contributed by atoms with E-state index < -0.39 is 0 Å². The van der Waals surface area contributed by atoms with Crippen molar-refractivity contribution in [2.45, 2.75) is 25.0 Å². The van der Waals surface area contributed by atoms with Crippen LogP contribution in [0.5, 0.6) is 0 Å². The Hall–Kier alpha value is 0.170. The molecule has 1 aliphatic rings. The second kappa shape index (κ2) is 5.75. The van der Waals surface area contributed by atoms with Gasteiger partial charge in [0, 0.05) is 16.8 Å². The molecule has 70 valence electrons. The Balaban J connectivity index is 1.88. The molecule has 0 bridgehead atoms. The Morgan fingerprint density at radius 2 is 2.50 bits per heavy atom. The molecule has 1 heterocycles. The van der Waals surface area contributed by atoms with E-state index in [-0.39, 0.29) is 5.30 Å². The van der Waals surface area contributed by atoms with Gasteiger partial charge in [-0.25, -0.2) is 4.79 Å². The summed E-state index contributed by atoms with van der Waals surface area (Å²) in [6.45, 7) is 2.67. The highest BCUT2D eigenvalue weighted by molar-refractivity contribution is 8.15. The van der Waals surface area contributed by atoms with E-state index in [1.165, 1.54) is 17.5 Å². The van der Waals surface area contributed by atoms with Crippen LogP contribution in [-0.2, 0) is 4.74 Å². The average Bonchev–Trinajstić information content (AvgIpc) is 2.84. The first-order valence-corrected chi connectivity index (χ1v) is 6.27. The van der Waals surface area contributed by atoms with Crippen LogP contribution in [0, 0.1) is 0 Å². The fourth-order valence-electron chi connectivity index (χ4n) is 0.667. The summed E-state index contributed by atoms with van der Waals surface area (Å²) in [6, 6.07) is 0. The summed E-state index contributed by atoms with van der Waals surface area (Å²) in [5, 5.41) is 0.615. The Morgan fingerprint density at radius 1 is 1.75 bits per heavy atom. The normalized spacial score (nSPS) is 20.6. The molecule has 1 rings (SSSR count). The summed E-state index contributed by atoms with van der Waals surface area (Å²) in [5.74, 6) is 2.14. The second-order valence-corrected chi connectivity index (χ2v) is 5.01. The number of thioether (sulfide) groups is 2. The van der Waals surface area contributed by atoms with Gasteiger partial charge in [0.15, 0.2) is 0 Å². The highest BCUT2D eigenvalue weighted by Gasteiger charge is 2.23. The van der Waals surface area contributed by atoms with Crippen molar-refractivity contribution in [3.8, 4) is 0 Å². The van der Waals surface area contributed by atoms with Crippen molar-refractivity contribution in [1.29, 1.82) is 0 Å². The molecular formula is C8H14O2S2. The lowest BCUT2D eigenvalue weighted by Crippen LogP contribution is -2.01. The zero-order valence-corrected chi connectivity index (χ0v) is 8.88. The van der Waals surface area contributed by atoms with Gasteiger partial charge in [-0.15, -0.1) is 0 Å². The molecule has 12 heavy (non-hydrogen) atoms. The van der Waals surface area contributed by atoms with Crippen LogP contribution in [0.4, 0.5) is 4.79 Å². The van der Waals surface area contributed by atoms with Gasteiger partial charge >= 0.3 is 5.30 Å². The first kappa shape index (κ1) is 10.3. The van der Waals surface area contributed by atoms with Crippen LogP contribution >= 0.6 is 23.5 Å². The molecule has 0 aromatic heterocycles. The van der Waals surface area contributed by atoms with Crippen LogP contribution in [0.1, 0.15) is 19.8 Å². The van der Waals surface area contributed by atoms with E-state index in [1.807, 2.05) is 11.8 Å². The third-order valence-electron chi connectivity index (χ3n) is 1.51. The quantitative estimate of drug-likeness (QED) is 0.392. The van der Waals surface area contributed by atoms with Crippen molar-refractivity contribution in [2.75, 3.05) is 18.1 Å². The average molecular weight is 206 g/mol. The van der Waals surface area contributed by atoms with Gasteiger partial charge in [0.25, 0.3) is 0 Å². The van der Waals surface area contributed by atoms with E-state index >= 15 is 0 Å². The van der Waals surface area contributed by atoms with Gasteiger partial charge in [0.1, 0.15) is 0 Å². The first-order chi connectivity index (χ1) is 5.83. The van der Waals surface area contributed by atoms with Crippen LogP contribution in [0.3, 0.4) is 0 Å². The molecule has 4 heteroatoms. The SMILES string of the molecule is CCCCOC(=O)SCC1CS1. The van der Waals surface area contributed by atoms with Crippen LogP contribution < -0.4 is 0 Å². The monoisotopic (exact) mass is 206 g/mol. The van der Waals surface area contributed by atoms with E-state index in [2.05, 4.69) is 6.92 Å². The van der Waals surface area contributed by atoms with Gasteiger partial charge < -0.3 is 4.74 Å². The fourth-order valence-corrected chi connectivity index (χ4v) is 2.27. The second-order valence-electron chi connectivity index (χ2n) is 2.72. The molecule has 0 N–H and O–H groups in total. The number of hydrogen-bond donors (Lipinski definition) is 0. The van der Waals surface area contributed by atoms with Crippen LogP contribution in [0.25, 0.3) is 0 Å². The minimum Gasteiger partial charge on any atom is -0.458 e. The van der Waals surface area contributed by atoms with Crippen molar-refractivity contribution >= 4 is 28.8 Å². The minimum atomic E-state index is -0.101. The smallest absolute Gasteiger partial charge is 0.367 e. The molecular weight excluding hydrogens is 192 g/mol. The summed E-state index contributed by atoms with van der Waals surface area (Å²) in [5.41, 5.74) is 0. The lowest BCUT2D eigenvalue weighted by atomic mass is 10.4. The van der Waals surface area contributed by atoms with Gasteiger partial charge in [0.2, 0.25) is 0 Å². The maximum absolute atomic E-state index is 11.0. The number of hydrogen-bond acceptors (Lipinski definition) is 4. The Kier molecular flexibility index (Phi) is 4.92. The standard InChI is InChI=1S/C8H14O2S2/c1-2-3-4-10-8(9)12-6-7-5-11-7/h7H,2-6H2,1H3. The van der Waals surface area contributed by atoms with E-state index in [9.17, 15) is 4.79 Å². The summed E-state index contributed by atoms with van der Waals surface area (Å²) >= 11 is 3.23. The molecule has 2 nitrogen and oxygen atoms in total. The summed E-state index contributed by atoms with van der Waals surface area (Å²) < 4.78 is 4.98. The summed E-state index contributed by atoms with van der Waals surface area (Å²) in [6.07, 6.45) is 2.06. The topological polar surface area (TPSA) is 26.3 Å². The molecule has 0 radical (unpaired) electrons. The number of carbonyl (C=O) groups is 1. The Labute approximate surface area is 81.8 Å². The molecule has 1 atom stereocenters. The molecule has 0 aliphatic carbocycles. The predicted molar refractivity (Wildman–Crippen MR) is 55.0 cm³/mol. The molecule has 0 aromatic carbocycles. The van der Waals surface area contributed by atoms with Crippen molar-refractivity contribution in [2.24, 2.45) is 0 Å². The Bertz CT molecular complexity index is 146. The third kappa shape index (κ3) is 4.93. The largest absolute Gasteiger partial charge is 0.458 e. The molecule has 0 spiro atoms. The maximum atomic E-state index is 11.0. The number of rotatable bonds is 5. The van der Waals surface area contributed by atoms with Gasteiger partial charge in [-0.2, -0.15) is 11.8 Å². The van der Waals surface area contributed by atoms with Crippen molar-refractivity contribution < 1.29 is 9.53 Å². The molecule has 1 unspecified atom stereocenters. The predicted octanol–water partition coefficient (Wildman–Crippen LogP) is 2.77. The van der Waals surface area contributed by atoms with Crippen LogP contribution in [0.15, 0.2) is 0 Å². The molecule has 0 saturated carbocycles. The highest BCUT2D eigenvalue weighted by atomic mass is 32.2. The van der Waals surface area contributed by atoms with Crippen molar-refractivity contribution in [3.05, 3.63) is 0 Å². The zero-order chi connectivity index (χ0) is 8.81. The number of carbonyl (C=O) groups excluding carboxylic acids is 1. The maximum Gasteiger partial charge on any atom is 0.367 e. The molecule has 0 amide bonds. The molecule has 1 aliphatic heterocycles. The van der Waals surface area contributed by atoms with E-state index in [1.54, 1.807) is 0 Å². The van der Waals surface area contributed by atoms with E-state index in [0.29, 0.717) is 11.9 Å². The minimum absolute atomic E-state index is 0.101. The fraction of sp³-hybridized carbons (Fsp3) is 0.875. The van der Waals surface area contributed by atoms with Crippen LogP contribution in [0.2, 0.25) is 0 Å². The van der Waals surface area contributed by atoms with Crippen molar-refractivity contribution in [3.63, 3.8) is 0 Å². The summed E-state index contributed by atoms with van der Waals surface area (Å²) in [7, 11) is 0. The van der Waals surface area contributed by atoms with Crippen molar-refractivity contribution in [1.82, 2.24) is 0 Å². The van der Waals surface area contributed by atoms with Gasteiger partial charge in [-0.05, 0) is 18.2 Å². The van der Waals surface area contributed by atoms with Gasteiger partial charge in [0.05, 0.1) is 6.61 Å². The first-order valence-electron chi connectivity index (χ1n) is 4.24. The zero-order valence-electron chi connectivity index (χ0n) is 7.25. The van der Waals surface area contributed by atoms with Crippen LogP contribution in [-0.4, -0.2) is 28.7 Å². The Morgan fingerprint density at radius 3 is 3.08 bits per heavy atom.